The highest BCUT2D eigenvalue weighted by molar-refractivity contribution is 5.91. The number of benzene rings is 2. The van der Waals surface area contributed by atoms with Gasteiger partial charge in [0.15, 0.2) is 5.76 Å². The van der Waals surface area contributed by atoms with Crippen LogP contribution in [0.3, 0.4) is 0 Å². The van der Waals surface area contributed by atoms with Crippen LogP contribution in [0.2, 0.25) is 0 Å². The molecular weight excluding hydrogens is 382 g/mol. The number of fused-ring (bicyclic) bond motifs is 1. The summed E-state index contributed by atoms with van der Waals surface area (Å²) in [6.45, 7) is 2.38. The number of furan rings is 1. The summed E-state index contributed by atoms with van der Waals surface area (Å²) in [6, 6.07) is 18.1. The predicted molar refractivity (Wildman–Crippen MR) is 112 cm³/mol. The van der Waals surface area contributed by atoms with E-state index in [0.717, 1.165) is 11.3 Å². The number of amides is 1. The topological polar surface area (TPSA) is 88.4 Å². The normalized spacial score (nSPS) is 10.9. The van der Waals surface area contributed by atoms with E-state index in [1.54, 1.807) is 37.4 Å². The predicted octanol–water partition coefficient (Wildman–Crippen LogP) is 3.68. The van der Waals surface area contributed by atoms with Crippen LogP contribution in [0, 0.1) is 6.92 Å². The van der Waals surface area contributed by atoms with Crippen molar-refractivity contribution in [2.24, 2.45) is 0 Å². The van der Waals surface area contributed by atoms with Gasteiger partial charge in [-0.1, -0.05) is 29.8 Å². The van der Waals surface area contributed by atoms with E-state index in [1.165, 1.54) is 4.90 Å². The molecule has 1 amide bonds. The van der Waals surface area contributed by atoms with Gasteiger partial charge in [0, 0.05) is 7.05 Å². The molecule has 2 aromatic heterocycles. The van der Waals surface area contributed by atoms with Gasteiger partial charge in [-0.05, 0) is 43.3 Å². The fraction of sp³-hybridized carbons (Fsp3) is 0.174. The largest absolute Gasteiger partial charge is 0.486 e. The zero-order valence-electron chi connectivity index (χ0n) is 16.7. The van der Waals surface area contributed by atoms with Gasteiger partial charge in [-0.15, -0.1) is 0 Å². The summed E-state index contributed by atoms with van der Waals surface area (Å²) in [5.41, 5.74) is 1.51. The maximum Gasteiger partial charge on any atom is 0.289 e. The van der Waals surface area contributed by atoms with Gasteiger partial charge in [-0.25, -0.2) is 4.98 Å². The van der Waals surface area contributed by atoms with Crippen molar-refractivity contribution in [1.29, 1.82) is 0 Å². The van der Waals surface area contributed by atoms with E-state index in [0.29, 0.717) is 22.5 Å². The third kappa shape index (κ3) is 4.25. The smallest absolute Gasteiger partial charge is 0.289 e. The van der Waals surface area contributed by atoms with Gasteiger partial charge in [0.2, 0.25) is 0 Å². The van der Waals surface area contributed by atoms with Gasteiger partial charge in [0.05, 0.1) is 17.4 Å². The minimum atomic E-state index is -0.313. The van der Waals surface area contributed by atoms with Crippen LogP contribution in [-0.4, -0.2) is 27.8 Å². The van der Waals surface area contributed by atoms with Gasteiger partial charge in [-0.2, -0.15) is 0 Å². The molecule has 0 radical (unpaired) electrons. The van der Waals surface area contributed by atoms with Crippen LogP contribution in [0.15, 0.2) is 69.9 Å². The summed E-state index contributed by atoms with van der Waals surface area (Å²) < 4.78 is 11.3. The number of nitrogens with one attached hydrogen (secondary N) is 1. The Hall–Kier alpha value is -3.87. The third-order valence-electron chi connectivity index (χ3n) is 4.67. The first kappa shape index (κ1) is 19.4. The van der Waals surface area contributed by atoms with Gasteiger partial charge >= 0.3 is 0 Å². The number of para-hydroxylation sites is 1. The molecular formula is C23H21N3O4. The molecule has 0 aliphatic heterocycles. The van der Waals surface area contributed by atoms with Crippen LogP contribution >= 0.6 is 0 Å². The van der Waals surface area contributed by atoms with Crippen molar-refractivity contribution >= 4 is 16.8 Å². The molecule has 4 rings (SSSR count). The van der Waals surface area contributed by atoms with Crippen molar-refractivity contribution in [2.75, 3.05) is 7.05 Å². The van der Waals surface area contributed by atoms with Crippen LogP contribution in [0.5, 0.6) is 5.75 Å². The van der Waals surface area contributed by atoms with Crippen molar-refractivity contribution in [2.45, 2.75) is 20.1 Å². The molecule has 7 nitrogen and oxygen atoms in total. The van der Waals surface area contributed by atoms with E-state index in [1.807, 2.05) is 37.3 Å². The van der Waals surface area contributed by atoms with Crippen LogP contribution in [0.1, 0.15) is 27.7 Å². The summed E-state index contributed by atoms with van der Waals surface area (Å²) in [5.74, 6) is 1.57. The fourth-order valence-electron chi connectivity index (χ4n) is 3.05. The second kappa shape index (κ2) is 8.24. The molecule has 2 aromatic carbocycles. The Morgan fingerprint density at radius 3 is 2.67 bits per heavy atom. The molecule has 0 fully saturated rings. The summed E-state index contributed by atoms with van der Waals surface area (Å²) in [6.07, 6.45) is 0. The Morgan fingerprint density at radius 2 is 1.87 bits per heavy atom. The summed E-state index contributed by atoms with van der Waals surface area (Å²) in [5, 5.41) is 0.513. The van der Waals surface area contributed by atoms with E-state index in [9.17, 15) is 9.59 Å². The van der Waals surface area contributed by atoms with Crippen LogP contribution in [0.25, 0.3) is 10.9 Å². The summed E-state index contributed by atoms with van der Waals surface area (Å²) in [7, 11) is 1.63. The van der Waals surface area contributed by atoms with Crippen molar-refractivity contribution < 1.29 is 13.9 Å². The number of aromatic nitrogens is 2. The number of carbonyl (C=O) groups excluding carboxylic acids is 1. The number of aryl methyl sites for hydroxylation is 1. The number of H-pyrrole nitrogens is 1. The molecule has 0 unspecified atom stereocenters. The molecule has 30 heavy (non-hydrogen) atoms. The molecule has 0 aliphatic rings. The zero-order valence-corrected chi connectivity index (χ0v) is 16.7. The van der Waals surface area contributed by atoms with Crippen LogP contribution in [0.4, 0.5) is 0 Å². The maximum absolute atomic E-state index is 12.7. The lowest BCUT2D eigenvalue weighted by atomic mass is 10.2. The van der Waals surface area contributed by atoms with Crippen LogP contribution < -0.4 is 10.3 Å². The average molecular weight is 403 g/mol. The highest BCUT2D eigenvalue weighted by Crippen LogP contribution is 2.16. The molecule has 4 aromatic rings. The van der Waals surface area contributed by atoms with E-state index in [-0.39, 0.29) is 30.4 Å². The number of carbonyl (C=O) groups is 1. The number of rotatable bonds is 6. The van der Waals surface area contributed by atoms with Crippen LogP contribution in [-0.2, 0) is 13.2 Å². The van der Waals surface area contributed by atoms with Crippen molar-refractivity contribution in [3.05, 3.63) is 93.9 Å². The van der Waals surface area contributed by atoms with Gasteiger partial charge < -0.3 is 19.0 Å². The molecule has 0 saturated heterocycles. The first-order chi connectivity index (χ1) is 14.5. The molecule has 2 heterocycles. The fourth-order valence-corrected chi connectivity index (χ4v) is 3.05. The van der Waals surface area contributed by atoms with Crippen molar-refractivity contribution in [3.8, 4) is 5.75 Å². The molecule has 7 heteroatoms. The number of nitrogens with zero attached hydrogens (tertiary/aromatic N) is 2. The van der Waals surface area contributed by atoms with Gasteiger partial charge in [0.1, 0.15) is 23.9 Å². The lowest BCUT2D eigenvalue weighted by molar-refractivity contribution is 0.0745. The molecule has 0 spiro atoms. The highest BCUT2D eigenvalue weighted by atomic mass is 16.5. The molecule has 0 atom stereocenters. The molecule has 1 N–H and O–H groups in total. The highest BCUT2D eigenvalue weighted by Gasteiger charge is 2.18. The number of ether oxygens (including phenoxy) is 1. The van der Waals surface area contributed by atoms with E-state index >= 15 is 0 Å². The minimum Gasteiger partial charge on any atom is -0.486 e. The van der Waals surface area contributed by atoms with Gasteiger partial charge in [0.25, 0.3) is 11.5 Å². The molecule has 0 aliphatic carbocycles. The Balaban J connectivity index is 1.42. The quantitative estimate of drug-likeness (QED) is 0.531. The lowest BCUT2D eigenvalue weighted by Gasteiger charge is -2.15. The Bertz CT molecular complexity index is 1240. The first-order valence-electron chi connectivity index (χ1n) is 9.51. The third-order valence-corrected chi connectivity index (χ3v) is 4.67. The Labute approximate surface area is 172 Å². The average Bonchev–Trinajstić information content (AvgIpc) is 3.22. The first-order valence-corrected chi connectivity index (χ1v) is 9.51. The summed E-state index contributed by atoms with van der Waals surface area (Å²) in [4.78, 5) is 33.5. The number of hydrogen-bond donors (Lipinski definition) is 1. The minimum absolute atomic E-state index is 0.148. The molecule has 0 saturated carbocycles. The Kier molecular flexibility index (Phi) is 5.34. The SMILES string of the molecule is Cc1ccc(OCc2ccc(C(=O)N(C)Cc3nc4ccccc4c(=O)[nH]3)o2)cc1. The van der Waals surface area contributed by atoms with Crippen molar-refractivity contribution in [1.82, 2.24) is 14.9 Å². The van der Waals surface area contributed by atoms with Crippen molar-refractivity contribution in [3.63, 3.8) is 0 Å². The second-order valence-corrected chi connectivity index (χ2v) is 7.06. The number of hydrogen-bond acceptors (Lipinski definition) is 5. The maximum atomic E-state index is 12.7. The monoisotopic (exact) mass is 403 g/mol. The Morgan fingerprint density at radius 1 is 1.10 bits per heavy atom. The molecule has 152 valence electrons. The second-order valence-electron chi connectivity index (χ2n) is 7.06. The molecule has 0 bridgehead atoms. The van der Waals surface area contributed by atoms with E-state index < -0.39 is 0 Å². The zero-order chi connectivity index (χ0) is 21.1. The lowest BCUT2D eigenvalue weighted by Crippen LogP contribution is -2.28. The number of aromatic amines is 1. The summed E-state index contributed by atoms with van der Waals surface area (Å²) >= 11 is 0. The van der Waals surface area contributed by atoms with Gasteiger partial charge in [-0.3, -0.25) is 9.59 Å². The van der Waals surface area contributed by atoms with E-state index in [4.69, 9.17) is 9.15 Å². The van der Waals surface area contributed by atoms with E-state index in [2.05, 4.69) is 9.97 Å². The standard InChI is InChI=1S/C23H21N3O4/c1-15-7-9-16(10-8-15)29-14-17-11-12-20(30-17)23(28)26(2)13-21-24-19-6-4-3-5-18(19)22(27)25-21/h3-12H,13-14H2,1-2H3,(H,24,25,27).